The molecule has 2 heterocycles. The van der Waals surface area contributed by atoms with Crippen LogP contribution >= 0.6 is 7.60 Å². The summed E-state index contributed by atoms with van der Waals surface area (Å²) in [4.78, 5) is 22.8. The van der Waals surface area contributed by atoms with E-state index < -0.39 is 20.0 Å². The van der Waals surface area contributed by atoms with Crippen LogP contribution in [-0.2, 0) is 29.8 Å². The van der Waals surface area contributed by atoms with E-state index in [9.17, 15) is 9.46 Å². The van der Waals surface area contributed by atoms with Gasteiger partial charge in [-0.1, -0.05) is 90.4 Å². The molecule has 0 saturated carbocycles. The van der Waals surface area contributed by atoms with Gasteiger partial charge < -0.3 is 38.7 Å². The molecule has 0 radical (unpaired) electrons. The van der Waals surface area contributed by atoms with Crippen LogP contribution in [-0.4, -0.2) is 77.5 Å². The number of ether oxygens (including phenoxy) is 4. The molecule has 2 atom stereocenters. The highest BCUT2D eigenvalue weighted by Gasteiger charge is 2.24. The molecule has 248 valence electrons. The summed E-state index contributed by atoms with van der Waals surface area (Å²) in [5.41, 5.74) is 6.70. The van der Waals surface area contributed by atoms with Crippen LogP contribution in [0.15, 0.2) is 6.33 Å². The molecule has 12 nitrogen and oxygen atoms in total. The zero-order valence-corrected chi connectivity index (χ0v) is 27.6. The number of nitrogen functional groups attached to an aromatic ring is 1. The Bertz CT molecular complexity index is 1040. The number of hydrogen-bond acceptors (Lipinski definition) is 10. The van der Waals surface area contributed by atoms with Crippen LogP contribution in [0.5, 0.6) is 5.88 Å². The first-order valence-electron chi connectivity index (χ1n) is 16.1. The normalized spacial score (nSPS) is 13.9. The average Bonchev–Trinajstić information content (AvgIpc) is 3.39. The van der Waals surface area contributed by atoms with Gasteiger partial charge in [-0.25, -0.2) is 4.98 Å². The highest BCUT2D eigenvalue weighted by molar-refractivity contribution is 7.52. The van der Waals surface area contributed by atoms with Gasteiger partial charge >= 0.3 is 7.60 Å². The number of anilines is 1. The Hall–Kier alpha value is -1.82. The zero-order chi connectivity index (χ0) is 31.2. The molecule has 43 heavy (non-hydrogen) atoms. The van der Waals surface area contributed by atoms with Crippen molar-refractivity contribution in [3.8, 4) is 5.88 Å². The fourth-order valence-corrected chi connectivity index (χ4v) is 5.76. The predicted molar refractivity (Wildman–Crippen MR) is 169 cm³/mol. The van der Waals surface area contributed by atoms with E-state index in [4.69, 9.17) is 29.2 Å². The summed E-state index contributed by atoms with van der Waals surface area (Å²) in [5.74, 6) is 0.314. The SMILES string of the molecule is CCCCCCCCCCCCCCCCOCCCOP(=O)(O)COC(COC)Cn1cnc2c(OC)nc(N)nc21. The van der Waals surface area contributed by atoms with E-state index >= 15 is 0 Å². The van der Waals surface area contributed by atoms with E-state index in [1.54, 1.807) is 10.9 Å². The molecule has 3 N–H and O–H groups in total. The summed E-state index contributed by atoms with van der Waals surface area (Å²) in [6, 6.07) is 0. The van der Waals surface area contributed by atoms with Gasteiger partial charge in [0.05, 0.1) is 39.3 Å². The Kier molecular flexibility index (Phi) is 19.7. The standard InChI is InChI=1S/C30H56N5O7P/c1-4-5-6-7-8-9-10-11-12-13-14-15-16-17-19-40-20-18-21-42-43(36,37)25-41-26(23-38-2)22-35-24-32-27-28(35)33-30(31)34-29(27)39-3/h24,26H,4-23,25H2,1-3H3,(H,36,37)(H2,31,33,34). The van der Waals surface area contributed by atoms with Crippen molar-refractivity contribution < 1.29 is 32.9 Å². The van der Waals surface area contributed by atoms with Crippen molar-refractivity contribution in [3.63, 3.8) is 0 Å². The monoisotopic (exact) mass is 629 g/mol. The largest absolute Gasteiger partial charge is 0.479 e. The van der Waals surface area contributed by atoms with Crippen LogP contribution in [0.25, 0.3) is 11.2 Å². The molecule has 2 unspecified atom stereocenters. The smallest absolute Gasteiger partial charge is 0.353 e. The van der Waals surface area contributed by atoms with Crippen LogP contribution < -0.4 is 10.5 Å². The zero-order valence-electron chi connectivity index (χ0n) is 26.7. The average molecular weight is 630 g/mol. The Morgan fingerprint density at radius 2 is 1.49 bits per heavy atom. The number of unbranched alkanes of at least 4 members (excludes halogenated alkanes) is 13. The van der Waals surface area contributed by atoms with E-state index in [2.05, 4.69) is 21.9 Å². The first-order valence-corrected chi connectivity index (χ1v) is 17.8. The van der Waals surface area contributed by atoms with Gasteiger partial charge in [0.1, 0.15) is 6.35 Å². The Balaban J connectivity index is 1.50. The number of methoxy groups -OCH3 is 2. The Labute approximate surface area is 257 Å². The Morgan fingerprint density at radius 1 is 0.884 bits per heavy atom. The lowest BCUT2D eigenvalue weighted by molar-refractivity contribution is 0.00219. The van der Waals surface area contributed by atoms with Gasteiger partial charge in [-0.3, -0.25) is 4.57 Å². The number of imidazole rings is 1. The number of fused-ring (bicyclic) bond motifs is 1. The third kappa shape index (κ3) is 16.2. The lowest BCUT2D eigenvalue weighted by Gasteiger charge is -2.20. The molecule has 0 aliphatic carbocycles. The molecule has 2 aromatic heterocycles. The Morgan fingerprint density at radius 3 is 2.09 bits per heavy atom. The van der Waals surface area contributed by atoms with Gasteiger partial charge in [0.15, 0.2) is 11.2 Å². The summed E-state index contributed by atoms with van der Waals surface area (Å²) in [7, 11) is -0.943. The van der Waals surface area contributed by atoms with Crippen molar-refractivity contribution in [2.45, 2.75) is 116 Å². The molecular weight excluding hydrogens is 573 g/mol. The first kappa shape index (κ1) is 37.4. The molecule has 0 aliphatic heterocycles. The summed E-state index contributed by atoms with van der Waals surface area (Å²) in [6.45, 7) is 4.03. The second-order valence-corrected chi connectivity index (χ2v) is 12.9. The minimum absolute atomic E-state index is 0.0483. The van der Waals surface area contributed by atoms with Crippen molar-refractivity contribution in [1.29, 1.82) is 0 Å². The van der Waals surface area contributed by atoms with Gasteiger partial charge in [-0.2, -0.15) is 9.97 Å². The summed E-state index contributed by atoms with van der Waals surface area (Å²) in [6.07, 6.45) is 19.7. The molecule has 0 fully saturated rings. The van der Waals surface area contributed by atoms with Crippen LogP contribution in [0.4, 0.5) is 5.95 Å². The van der Waals surface area contributed by atoms with Gasteiger partial charge in [0.25, 0.3) is 0 Å². The van der Waals surface area contributed by atoms with E-state index in [-0.39, 0.29) is 31.6 Å². The molecule has 2 rings (SSSR count). The molecule has 0 amide bonds. The van der Waals surface area contributed by atoms with Crippen molar-refractivity contribution in [2.24, 2.45) is 0 Å². The summed E-state index contributed by atoms with van der Waals surface area (Å²) >= 11 is 0. The highest BCUT2D eigenvalue weighted by atomic mass is 31.2. The number of nitrogens with zero attached hydrogens (tertiary/aromatic N) is 4. The van der Waals surface area contributed by atoms with Gasteiger partial charge in [0, 0.05) is 20.3 Å². The van der Waals surface area contributed by atoms with Crippen molar-refractivity contribution >= 4 is 24.7 Å². The molecule has 0 saturated heterocycles. The van der Waals surface area contributed by atoms with Gasteiger partial charge in [-0.05, 0) is 12.8 Å². The maximum absolute atomic E-state index is 12.5. The lowest BCUT2D eigenvalue weighted by Crippen LogP contribution is -2.26. The molecule has 0 bridgehead atoms. The predicted octanol–water partition coefficient (Wildman–Crippen LogP) is 6.50. The lowest BCUT2D eigenvalue weighted by atomic mass is 10.0. The molecule has 0 spiro atoms. The fraction of sp³-hybridized carbons (Fsp3) is 0.833. The third-order valence-corrected chi connectivity index (χ3v) is 8.30. The van der Waals surface area contributed by atoms with Crippen LogP contribution in [0, 0.1) is 0 Å². The van der Waals surface area contributed by atoms with Crippen LogP contribution in [0.3, 0.4) is 0 Å². The molecular formula is C30H56N5O7P. The molecule has 0 aromatic carbocycles. The number of aromatic nitrogens is 4. The van der Waals surface area contributed by atoms with Crippen molar-refractivity contribution in [2.75, 3.05) is 52.7 Å². The molecule has 0 aliphatic rings. The quantitative estimate of drug-likeness (QED) is 0.0784. The first-order chi connectivity index (χ1) is 20.9. The summed E-state index contributed by atoms with van der Waals surface area (Å²) in [5, 5.41) is 0. The van der Waals surface area contributed by atoms with E-state index in [1.165, 1.54) is 97.7 Å². The molecule has 2 aromatic rings. The topological polar surface area (TPSA) is 153 Å². The van der Waals surface area contributed by atoms with Crippen LogP contribution in [0.1, 0.15) is 103 Å². The fourth-order valence-electron chi connectivity index (χ4n) is 4.87. The number of nitrogens with two attached hydrogens (primary N) is 1. The second-order valence-electron chi connectivity index (χ2n) is 11.1. The minimum Gasteiger partial charge on any atom is -0.479 e. The summed E-state index contributed by atoms with van der Waals surface area (Å²) < 4.78 is 41.3. The second kappa shape index (κ2) is 22.7. The minimum atomic E-state index is -3.95. The van der Waals surface area contributed by atoms with Crippen molar-refractivity contribution in [1.82, 2.24) is 19.5 Å². The van der Waals surface area contributed by atoms with Crippen LogP contribution in [0.2, 0.25) is 0 Å². The maximum Gasteiger partial charge on any atom is 0.353 e. The van der Waals surface area contributed by atoms with Gasteiger partial charge in [-0.15, -0.1) is 0 Å². The number of rotatable bonds is 28. The van der Waals surface area contributed by atoms with E-state index in [1.807, 2.05) is 0 Å². The highest BCUT2D eigenvalue weighted by Crippen LogP contribution is 2.42. The molecule has 13 heteroatoms. The van der Waals surface area contributed by atoms with E-state index in [0.29, 0.717) is 30.8 Å². The third-order valence-electron chi connectivity index (χ3n) is 7.24. The van der Waals surface area contributed by atoms with E-state index in [0.717, 1.165) is 6.42 Å². The number of hydrogen-bond donors (Lipinski definition) is 2. The van der Waals surface area contributed by atoms with Gasteiger partial charge in [0.2, 0.25) is 11.8 Å². The van der Waals surface area contributed by atoms with Crippen molar-refractivity contribution in [3.05, 3.63) is 6.33 Å². The maximum atomic E-state index is 12.5.